The fraction of sp³-hybridized carbons (Fsp3) is 0.689. The Morgan fingerprint density at radius 2 is 1.72 bits per heavy atom. The number of methoxy groups -OCH3 is 1. The number of likely N-dealkylation sites (N-methyl/N-ethyl adjacent to an activating group) is 1. The van der Waals surface area contributed by atoms with E-state index in [1.54, 1.807) is 19.4 Å². The number of benzene rings is 1. The summed E-state index contributed by atoms with van der Waals surface area (Å²) < 4.78 is 11.2. The SMILES string of the molecule is CCCCCCN(C(=O)C(CC(=O)C1CCCCN1C)[C@@H](C)CC)[C@H](C[C@@H](OC(C)=O)c1nc(C(=O)N[C@@H](Cc2ccc(OC)cc2)C[C@H](C)C(=O)O)cs1)C(C)C. The second-order valence-corrected chi connectivity index (χ2v) is 17.6. The summed E-state index contributed by atoms with van der Waals surface area (Å²) in [6.45, 7) is 14.7. The number of likely N-dealkylation sites (tertiary alicyclic amines) is 1. The average molecular weight is 827 g/mol. The molecule has 324 valence electrons. The van der Waals surface area contributed by atoms with Crippen molar-refractivity contribution >= 4 is 40.9 Å². The summed E-state index contributed by atoms with van der Waals surface area (Å²) >= 11 is 1.21. The number of amides is 2. The maximum Gasteiger partial charge on any atom is 0.306 e. The zero-order valence-corrected chi connectivity index (χ0v) is 37.3. The van der Waals surface area contributed by atoms with Crippen LogP contribution in [0.15, 0.2) is 29.6 Å². The van der Waals surface area contributed by atoms with Gasteiger partial charge in [-0.2, -0.15) is 0 Å². The maximum absolute atomic E-state index is 14.9. The molecule has 0 spiro atoms. The van der Waals surface area contributed by atoms with Gasteiger partial charge in [0, 0.05) is 49.7 Å². The third kappa shape index (κ3) is 14.8. The molecule has 0 aliphatic carbocycles. The van der Waals surface area contributed by atoms with E-state index in [-0.39, 0.29) is 60.6 Å². The van der Waals surface area contributed by atoms with Gasteiger partial charge in [-0.3, -0.25) is 28.9 Å². The quantitative estimate of drug-likeness (QED) is 0.0741. The van der Waals surface area contributed by atoms with Crippen molar-refractivity contribution in [1.82, 2.24) is 20.1 Å². The van der Waals surface area contributed by atoms with Crippen LogP contribution in [0.2, 0.25) is 0 Å². The van der Waals surface area contributed by atoms with Crippen LogP contribution in [-0.2, 0) is 30.3 Å². The Balaban J connectivity index is 1.92. The Morgan fingerprint density at radius 3 is 2.31 bits per heavy atom. The van der Waals surface area contributed by atoms with E-state index in [0.29, 0.717) is 23.7 Å². The van der Waals surface area contributed by atoms with Crippen LogP contribution in [0.1, 0.15) is 146 Å². The van der Waals surface area contributed by atoms with E-state index < -0.39 is 41.8 Å². The monoisotopic (exact) mass is 826 g/mol. The normalized spacial score (nSPS) is 17.7. The summed E-state index contributed by atoms with van der Waals surface area (Å²) in [4.78, 5) is 75.7. The predicted octanol–water partition coefficient (Wildman–Crippen LogP) is 8.14. The number of carbonyl (C=O) groups is 5. The van der Waals surface area contributed by atoms with Crippen molar-refractivity contribution in [3.8, 4) is 5.75 Å². The van der Waals surface area contributed by atoms with Gasteiger partial charge in [0.2, 0.25) is 5.91 Å². The fourth-order valence-corrected chi connectivity index (χ4v) is 8.80. The number of hydrogen-bond donors (Lipinski definition) is 2. The lowest BCUT2D eigenvalue weighted by molar-refractivity contribution is -0.150. The second-order valence-electron chi connectivity index (χ2n) is 16.7. The molecule has 2 heterocycles. The van der Waals surface area contributed by atoms with Gasteiger partial charge in [-0.1, -0.05) is 85.8 Å². The van der Waals surface area contributed by atoms with Gasteiger partial charge in [-0.15, -0.1) is 11.3 Å². The molecule has 3 rings (SSSR count). The molecular formula is C45H70N4O8S. The van der Waals surface area contributed by atoms with Gasteiger partial charge < -0.3 is 24.8 Å². The van der Waals surface area contributed by atoms with Gasteiger partial charge in [0.05, 0.1) is 19.1 Å². The molecule has 1 fully saturated rings. The smallest absolute Gasteiger partial charge is 0.306 e. The molecule has 58 heavy (non-hydrogen) atoms. The summed E-state index contributed by atoms with van der Waals surface area (Å²) in [6, 6.07) is 6.40. The topological polar surface area (TPSA) is 155 Å². The summed E-state index contributed by atoms with van der Waals surface area (Å²) in [5.74, 6) is -2.33. The number of nitrogens with zero attached hydrogens (tertiary/aromatic N) is 3. The first-order valence-electron chi connectivity index (χ1n) is 21.4. The molecule has 0 bridgehead atoms. The fourth-order valence-electron chi connectivity index (χ4n) is 7.96. The average Bonchev–Trinajstić information content (AvgIpc) is 3.69. The van der Waals surface area contributed by atoms with Gasteiger partial charge in [-0.25, -0.2) is 4.98 Å². The molecule has 1 aromatic carbocycles. The van der Waals surface area contributed by atoms with Crippen LogP contribution in [0.25, 0.3) is 0 Å². The molecule has 1 aliphatic heterocycles. The van der Waals surface area contributed by atoms with Crippen molar-refractivity contribution in [3.05, 3.63) is 45.9 Å². The van der Waals surface area contributed by atoms with Crippen LogP contribution in [-0.4, -0.2) is 94.8 Å². The number of nitrogens with one attached hydrogen (secondary N) is 1. The number of ketones is 1. The molecule has 1 saturated heterocycles. The third-order valence-electron chi connectivity index (χ3n) is 11.7. The Morgan fingerprint density at radius 1 is 1.02 bits per heavy atom. The molecule has 0 saturated carbocycles. The summed E-state index contributed by atoms with van der Waals surface area (Å²) in [5.41, 5.74) is 1.05. The minimum atomic E-state index is -0.953. The first-order valence-corrected chi connectivity index (χ1v) is 22.3. The van der Waals surface area contributed by atoms with Crippen molar-refractivity contribution < 1.29 is 38.6 Å². The summed E-state index contributed by atoms with van der Waals surface area (Å²) in [6.07, 6.45) is 7.78. The molecule has 12 nitrogen and oxygen atoms in total. The van der Waals surface area contributed by atoms with Crippen LogP contribution in [0.5, 0.6) is 5.75 Å². The maximum atomic E-state index is 14.9. The largest absolute Gasteiger partial charge is 0.497 e. The van der Waals surface area contributed by atoms with Gasteiger partial charge in [0.15, 0.2) is 11.9 Å². The van der Waals surface area contributed by atoms with Crippen LogP contribution in [0.4, 0.5) is 0 Å². The van der Waals surface area contributed by atoms with Crippen molar-refractivity contribution in [3.63, 3.8) is 0 Å². The number of aromatic nitrogens is 1. The molecule has 2 N–H and O–H groups in total. The molecule has 2 amide bonds. The molecule has 2 unspecified atom stereocenters. The van der Waals surface area contributed by atoms with Gasteiger partial charge in [0.25, 0.3) is 5.91 Å². The summed E-state index contributed by atoms with van der Waals surface area (Å²) in [5, 5.41) is 14.7. The van der Waals surface area contributed by atoms with Crippen molar-refractivity contribution in [1.29, 1.82) is 0 Å². The van der Waals surface area contributed by atoms with Gasteiger partial charge in [0.1, 0.15) is 16.5 Å². The Labute approximate surface area is 350 Å². The van der Waals surface area contributed by atoms with E-state index in [4.69, 9.17) is 9.47 Å². The highest BCUT2D eigenvalue weighted by Gasteiger charge is 2.39. The lowest BCUT2D eigenvalue weighted by Crippen LogP contribution is -2.50. The number of carboxylic acid groups (broad SMARTS) is 1. The van der Waals surface area contributed by atoms with Crippen LogP contribution >= 0.6 is 11.3 Å². The van der Waals surface area contributed by atoms with Gasteiger partial charge >= 0.3 is 11.9 Å². The van der Waals surface area contributed by atoms with E-state index in [2.05, 4.69) is 49.8 Å². The first-order chi connectivity index (χ1) is 27.6. The minimum absolute atomic E-state index is 0.00682. The number of Topliss-reactive ketones (excluding diaryl/α,β-unsaturated/α-hetero) is 1. The Kier molecular flexibility index (Phi) is 20.3. The van der Waals surface area contributed by atoms with Crippen LogP contribution < -0.4 is 10.1 Å². The third-order valence-corrected chi connectivity index (χ3v) is 12.7. The lowest BCUT2D eigenvalue weighted by atomic mass is 9.82. The number of unbranched alkanes of at least 4 members (excludes halogenated alkanes) is 3. The predicted molar refractivity (Wildman–Crippen MR) is 228 cm³/mol. The zero-order chi connectivity index (χ0) is 42.9. The highest BCUT2D eigenvalue weighted by atomic mass is 32.1. The van der Waals surface area contributed by atoms with E-state index >= 15 is 0 Å². The number of thiazole rings is 1. The standard InChI is InChI=1S/C45H70N4O8S/c1-10-12-13-15-23-49(44(53)36(30(5)11-2)26-40(51)38-17-14-16-22-48(38)8)39(29(3)4)27-41(57-32(7)50)43-47-37(28-58-43)42(52)46-34(24-31(6)45(54)55)25-33-18-20-35(56-9)21-19-33/h18-21,28-31,34,36,38-39,41H,10-17,22-27H2,1-9H3,(H,46,52)(H,54,55)/t30-,31-,34+,36?,38?,39+,41+/m0/s1. The molecule has 0 radical (unpaired) electrons. The summed E-state index contributed by atoms with van der Waals surface area (Å²) in [7, 11) is 3.58. The first kappa shape index (κ1) is 48.5. The molecule has 1 aliphatic rings. The lowest BCUT2D eigenvalue weighted by Gasteiger charge is -2.40. The zero-order valence-electron chi connectivity index (χ0n) is 36.5. The highest BCUT2D eigenvalue weighted by Crippen LogP contribution is 2.34. The number of carbonyl (C=O) groups excluding carboxylic acids is 4. The van der Waals surface area contributed by atoms with Crippen LogP contribution in [0.3, 0.4) is 0 Å². The van der Waals surface area contributed by atoms with Gasteiger partial charge in [-0.05, 0) is 75.2 Å². The van der Waals surface area contributed by atoms with E-state index in [9.17, 15) is 29.1 Å². The number of esters is 1. The number of rotatable bonds is 25. The number of ether oxygens (including phenoxy) is 2. The Hall–Kier alpha value is -3.84. The highest BCUT2D eigenvalue weighted by molar-refractivity contribution is 7.09. The number of hydrogen-bond acceptors (Lipinski definition) is 10. The van der Waals surface area contributed by atoms with Crippen molar-refractivity contribution in [2.45, 2.75) is 150 Å². The van der Waals surface area contributed by atoms with E-state index in [1.165, 1.54) is 18.3 Å². The molecular weight excluding hydrogens is 757 g/mol. The number of aliphatic carboxylic acids is 1. The van der Waals surface area contributed by atoms with E-state index in [1.807, 2.05) is 36.2 Å². The molecule has 13 heteroatoms. The van der Waals surface area contributed by atoms with Crippen molar-refractivity contribution in [2.75, 3.05) is 27.2 Å². The van der Waals surface area contributed by atoms with Crippen LogP contribution in [0, 0.1) is 23.7 Å². The number of piperidine rings is 1. The molecule has 1 aromatic heterocycles. The second kappa shape index (κ2) is 24.3. The Bertz CT molecular complexity index is 1610. The molecule has 2 aromatic rings. The van der Waals surface area contributed by atoms with Crippen molar-refractivity contribution in [2.24, 2.45) is 23.7 Å². The molecule has 7 atom stereocenters. The van der Waals surface area contributed by atoms with E-state index in [0.717, 1.165) is 63.5 Å². The minimum Gasteiger partial charge on any atom is -0.497 e. The number of carboxylic acids is 1.